The third kappa shape index (κ3) is 9.01. The van der Waals surface area contributed by atoms with Crippen LogP contribution in [0, 0.1) is 6.92 Å². The third-order valence-corrected chi connectivity index (χ3v) is 18.2. The highest BCUT2D eigenvalue weighted by atomic mass is 32.1. The smallest absolute Gasteiger partial charge is 0.113 e. The van der Waals surface area contributed by atoms with Gasteiger partial charge in [0, 0.05) is 22.0 Å². The van der Waals surface area contributed by atoms with E-state index in [0.29, 0.717) is 0 Å². The molecule has 6 aromatic rings. The van der Waals surface area contributed by atoms with Gasteiger partial charge < -0.3 is 0 Å². The van der Waals surface area contributed by atoms with Gasteiger partial charge in [0.25, 0.3) is 0 Å². The Labute approximate surface area is 393 Å². The number of hydrogen-bond acceptors (Lipinski definition) is 3. The molecule has 4 heteroatoms. The molecule has 5 aromatic carbocycles. The van der Waals surface area contributed by atoms with Crippen LogP contribution in [0.5, 0.6) is 0 Å². The fraction of sp³-hybridized carbons (Fsp3) is 0.500. The molecule has 1 aromatic heterocycles. The molecule has 0 amide bonds. The second kappa shape index (κ2) is 20.3. The molecule has 8 rings (SSSR count). The summed E-state index contributed by atoms with van der Waals surface area (Å²) in [5, 5.41) is 1.59. The summed E-state index contributed by atoms with van der Waals surface area (Å²) in [7, 11) is -1.52. The van der Waals surface area contributed by atoms with E-state index in [1.807, 2.05) is 0 Å². The van der Waals surface area contributed by atoms with E-state index < -0.39 is 8.07 Å². The molecule has 0 fully saturated rings. The van der Waals surface area contributed by atoms with Crippen molar-refractivity contribution >= 4 is 36.0 Å². The molecule has 2 aliphatic carbocycles. The zero-order valence-corrected chi connectivity index (χ0v) is 42.8. The van der Waals surface area contributed by atoms with Gasteiger partial charge in [-0.3, -0.25) is 0 Å². The van der Waals surface area contributed by atoms with Crippen LogP contribution in [0.3, 0.4) is 0 Å². The van der Waals surface area contributed by atoms with Gasteiger partial charge >= 0.3 is 0 Å². The Morgan fingerprint density at radius 2 is 0.766 bits per heavy atom. The van der Waals surface area contributed by atoms with E-state index in [-0.39, 0.29) is 10.8 Å². The fourth-order valence-corrected chi connectivity index (χ4v) is 13.7. The van der Waals surface area contributed by atoms with Crippen molar-refractivity contribution in [1.82, 2.24) is 8.75 Å². The van der Waals surface area contributed by atoms with E-state index in [4.69, 9.17) is 8.75 Å². The Morgan fingerprint density at radius 1 is 0.406 bits per heavy atom. The molecule has 0 spiro atoms. The Morgan fingerprint density at radius 3 is 1.17 bits per heavy atom. The second-order valence-corrected chi connectivity index (χ2v) is 26.7. The Balaban J connectivity index is 1.22. The topological polar surface area (TPSA) is 25.8 Å². The van der Waals surface area contributed by atoms with Crippen molar-refractivity contribution in [3.05, 3.63) is 113 Å². The summed E-state index contributed by atoms with van der Waals surface area (Å²) in [6.45, 7) is 19.2. The summed E-state index contributed by atoms with van der Waals surface area (Å²) in [6.07, 6.45) is 25.6. The number of nitrogens with zero attached hydrogens (tertiary/aromatic N) is 2. The average molecular weight is 887 g/mol. The number of unbranched alkanes of at least 4 members (excludes halogenated alkanes) is 12. The van der Waals surface area contributed by atoms with Crippen molar-refractivity contribution in [2.24, 2.45) is 0 Å². The molecular weight excluding hydrogens is 809 g/mol. The maximum absolute atomic E-state index is 5.12. The van der Waals surface area contributed by atoms with Gasteiger partial charge in [-0.05, 0) is 100 Å². The highest BCUT2D eigenvalue weighted by Gasteiger charge is 2.44. The maximum atomic E-state index is 5.12. The predicted molar refractivity (Wildman–Crippen MR) is 283 cm³/mol. The van der Waals surface area contributed by atoms with Crippen LogP contribution in [-0.4, -0.2) is 16.8 Å². The zero-order chi connectivity index (χ0) is 44.9. The molecule has 0 saturated carbocycles. The van der Waals surface area contributed by atoms with Crippen LogP contribution < -0.4 is 5.19 Å². The summed E-state index contributed by atoms with van der Waals surface area (Å²) in [6, 6.07) is 34.6. The number of rotatable bonds is 23. The summed E-state index contributed by atoms with van der Waals surface area (Å²) in [4.78, 5) is 0. The highest BCUT2D eigenvalue weighted by molar-refractivity contribution is 7.00. The van der Waals surface area contributed by atoms with E-state index in [9.17, 15) is 0 Å². The number of benzene rings is 5. The van der Waals surface area contributed by atoms with Crippen LogP contribution in [0.2, 0.25) is 19.6 Å². The molecule has 338 valence electrons. The number of aromatic nitrogens is 2. The quantitative estimate of drug-likeness (QED) is 0.0473. The van der Waals surface area contributed by atoms with Gasteiger partial charge in [0.05, 0.1) is 19.8 Å². The van der Waals surface area contributed by atoms with Crippen molar-refractivity contribution in [1.29, 1.82) is 0 Å². The van der Waals surface area contributed by atoms with Gasteiger partial charge in [-0.15, -0.1) is 0 Å². The van der Waals surface area contributed by atoms with Gasteiger partial charge in [0.1, 0.15) is 11.0 Å². The highest BCUT2D eigenvalue weighted by Crippen LogP contribution is 2.57. The lowest BCUT2D eigenvalue weighted by atomic mass is 9.70. The van der Waals surface area contributed by atoms with Gasteiger partial charge in [0.15, 0.2) is 0 Å². The first-order chi connectivity index (χ1) is 31.1. The molecular formula is C60H78N2SSi. The van der Waals surface area contributed by atoms with Crippen molar-refractivity contribution in [2.45, 2.75) is 194 Å². The first-order valence-corrected chi connectivity index (χ1v) is 30.1. The van der Waals surface area contributed by atoms with Crippen molar-refractivity contribution in [3.63, 3.8) is 0 Å². The normalized spacial score (nSPS) is 14.5. The standard InChI is InChI=1S/C60H78N2SSi/c1-9-13-17-21-35-59(36-22-18-14-10-2)53-39-43(5)25-29-49(53)50-30-26-44(40-54(50)59)47-33-34-48(58-57(47)61-63-62-58)45-27-31-51-52-32-28-46(64(6,7)8)42-56(52)60(55(51)41-45,37-23-19-15-11-3)38-24-20-16-12-4/h25-34,39-42H,9-24,35-38H2,1-8H3. The predicted octanol–water partition coefficient (Wildman–Crippen LogP) is 18.3. The third-order valence-electron chi connectivity index (χ3n) is 15.6. The van der Waals surface area contributed by atoms with Gasteiger partial charge in [-0.2, -0.15) is 8.75 Å². The zero-order valence-electron chi connectivity index (χ0n) is 41.0. The van der Waals surface area contributed by atoms with Gasteiger partial charge in [-0.1, -0.05) is 234 Å². The van der Waals surface area contributed by atoms with E-state index in [1.165, 1.54) is 190 Å². The molecule has 0 bridgehead atoms. The lowest BCUT2D eigenvalue weighted by molar-refractivity contribution is 0.401. The lowest BCUT2D eigenvalue weighted by Gasteiger charge is -2.34. The minimum Gasteiger partial charge on any atom is -0.172 e. The van der Waals surface area contributed by atoms with Gasteiger partial charge in [0.2, 0.25) is 0 Å². The second-order valence-electron chi connectivity index (χ2n) is 21.1. The minimum atomic E-state index is -1.52. The SMILES string of the molecule is CCCCCCC1(CCCCCC)c2cc(C)ccc2-c2ccc(-c3ccc(-c4ccc5c(c4)C(CCCCCC)(CCCCCC)c4cc([Si](C)(C)C)ccc4-5)c4nsnc34)cc21. The molecule has 0 N–H and O–H groups in total. The summed E-state index contributed by atoms with van der Waals surface area (Å²) in [5.41, 5.74) is 20.7. The van der Waals surface area contributed by atoms with Crippen molar-refractivity contribution in [3.8, 4) is 44.5 Å². The minimum absolute atomic E-state index is 0.0390. The van der Waals surface area contributed by atoms with E-state index in [2.05, 4.69) is 139 Å². The number of aryl methyl sites for hydroxylation is 1. The molecule has 2 aliphatic rings. The van der Waals surface area contributed by atoms with Gasteiger partial charge in [-0.25, -0.2) is 0 Å². The lowest BCUT2D eigenvalue weighted by Crippen LogP contribution is -2.38. The molecule has 1 heterocycles. The van der Waals surface area contributed by atoms with Crippen LogP contribution in [-0.2, 0) is 10.8 Å². The van der Waals surface area contributed by atoms with Crippen molar-refractivity contribution in [2.75, 3.05) is 0 Å². The fourth-order valence-electron chi connectivity index (χ4n) is 12.0. The van der Waals surface area contributed by atoms with E-state index in [1.54, 1.807) is 27.4 Å². The number of hydrogen-bond donors (Lipinski definition) is 0. The molecule has 2 nitrogen and oxygen atoms in total. The molecule has 0 aliphatic heterocycles. The molecule has 0 unspecified atom stereocenters. The van der Waals surface area contributed by atoms with Crippen LogP contribution in [0.1, 0.15) is 184 Å². The summed E-state index contributed by atoms with van der Waals surface area (Å²) < 4.78 is 10.2. The maximum Gasteiger partial charge on any atom is 0.113 e. The van der Waals surface area contributed by atoms with Crippen LogP contribution in [0.4, 0.5) is 0 Å². The summed E-state index contributed by atoms with van der Waals surface area (Å²) in [5.74, 6) is 0. The van der Waals surface area contributed by atoms with E-state index >= 15 is 0 Å². The first kappa shape index (κ1) is 46.7. The largest absolute Gasteiger partial charge is 0.172 e. The Bertz CT molecular complexity index is 2510. The molecule has 64 heavy (non-hydrogen) atoms. The molecule has 0 atom stereocenters. The molecule has 0 saturated heterocycles. The first-order valence-electron chi connectivity index (χ1n) is 25.9. The van der Waals surface area contributed by atoms with Crippen LogP contribution >= 0.6 is 11.7 Å². The van der Waals surface area contributed by atoms with E-state index in [0.717, 1.165) is 11.0 Å². The number of fused-ring (bicyclic) bond motifs is 7. The Kier molecular flexibility index (Phi) is 14.8. The Hall–Kier alpha value is -3.86. The molecule has 0 radical (unpaired) electrons. The van der Waals surface area contributed by atoms with Crippen molar-refractivity contribution < 1.29 is 0 Å². The van der Waals surface area contributed by atoms with Crippen LogP contribution in [0.25, 0.3) is 55.5 Å². The monoisotopic (exact) mass is 887 g/mol. The summed E-state index contributed by atoms with van der Waals surface area (Å²) >= 11 is 1.37. The average Bonchev–Trinajstić information content (AvgIpc) is 3.97. The van der Waals surface area contributed by atoms with Crippen LogP contribution in [0.15, 0.2) is 84.9 Å².